The highest BCUT2D eigenvalue weighted by Crippen LogP contribution is 2.44. The van der Waals surface area contributed by atoms with Gasteiger partial charge in [-0.05, 0) is 37.1 Å². The average Bonchev–Trinajstić information content (AvgIpc) is 3.20. The van der Waals surface area contributed by atoms with Gasteiger partial charge in [-0.15, -0.1) is 0 Å². The van der Waals surface area contributed by atoms with Crippen LogP contribution in [0.1, 0.15) is 29.5 Å². The van der Waals surface area contributed by atoms with E-state index in [1.807, 2.05) is 72.8 Å². The van der Waals surface area contributed by atoms with Crippen molar-refractivity contribution in [2.45, 2.75) is 25.4 Å². The molecule has 30 heavy (non-hydrogen) atoms. The summed E-state index contributed by atoms with van der Waals surface area (Å²) in [6, 6.07) is 22.7. The first-order chi connectivity index (χ1) is 14.6. The van der Waals surface area contributed by atoms with Gasteiger partial charge in [0.05, 0.1) is 0 Å². The molecule has 0 N–H and O–H groups in total. The van der Waals surface area contributed by atoms with Crippen LogP contribution in [0, 0.1) is 0 Å². The Kier molecular flexibility index (Phi) is 4.51. The second kappa shape index (κ2) is 7.34. The van der Waals surface area contributed by atoms with E-state index >= 15 is 0 Å². The fourth-order valence-corrected chi connectivity index (χ4v) is 4.24. The van der Waals surface area contributed by atoms with Crippen molar-refractivity contribution in [3.8, 4) is 11.5 Å². The summed E-state index contributed by atoms with van der Waals surface area (Å²) >= 11 is 0. The van der Waals surface area contributed by atoms with Gasteiger partial charge in [-0.1, -0.05) is 54.6 Å². The molecule has 0 aromatic heterocycles. The summed E-state index contributed by atoms with van der Waals surface area (Å²) in [5.74, 6) is -0.0306. The molecule has 0 saturated carbocycles. The van der Waals surface area contributed by atoms with Crippen molar-refractivity contribution in [1.82, 2.24) is 0 Å². The molecule has 0 unspecified atom stereocenters. The van der Waals surface area contributed by atoms with Crippen LogP contribution in [0.15, 0.2) is 72.8 Å². The van der Waals surface area contributed by atoms with Gasteiger partial charge in [-0.3, -0.25) is 9.59 Å². The van der Waals surface area contributed by atoms with Gasteiger partial charge in [-0.2, -0.15) is 0 Å². The number of nitrogens with zero attached hydrogens (tertiary/aromatic N) is 1. The number of amides is 1. The summed E-state index contributed by atoms with van der Waals surface area (Å²) in [5, 5.41) is 0. The smallest absolute Gasteiger partial charge is 0.318 e. The van der Waals surface area contributed by atoms with Crippen LogP contribution in [0.25, 0.3) is 0 Å². The molecule has 3 aromatic carbocycles. The number of carbonyl (C=O) groups is 2. The molecule has 2 aliphatic heterocycles. The lowest BCUT2D eigenvalue weighted by Gasteiger charge is -2.28. The Balaban J connectivity index is 1.40. The molecule has 0 fully saturated rings. The lowest BCUT2D eigenvalue weighted by Crippen LogP contribution is -2.40. The van der Waals surface area contributed by atoms with E-state index < -0.39 is 18.0 Å². The maximum atomic E-state index is 13.3. The Morgan fingerprint density at radius 3 is 2.23 bits per heavy atom. The zero-order chi connectivity index (χ0) is 20.7. The molecule has 2 aliphatic rings. The first-order valence-electron chi connectivity index (χ1n) is 10.1. The van der Waals surface area contributed by atoms with Crippen LogP contribution in [0.5, 0.6) is 11.5 Å². The zero-order valence-corrected chi connectivity index (χ0v) is 16.6. The van der Waals surface area contributed by atoms with Crippen LogP contribution in [0.2, 0.25) is 0 Å². The summed E-state index contributed by atoms with van der Waals surface area (Å²) in [7, 11) is 0. The molecule has 150 valence electrons. The SMILES string of the molecule is C[C@@H](OC(=O)C1c2ccccc2Oc2ccccc21)C(=O)N1CCc2ccccc21. The van der Waals surface area contributed by atoms with E-state index in [0.29, 0.717) is 18.0 Å². The van der Waals surface area contributed by atoms with Crippen molar-refractivity contribution in [3.63, 3.8) is 0 Å². The topological polar surface area (TPSA) is 55.8 Å². The Bertz CT molecular complexity index is 1090. The first-order valence-corrected chi connectivity index (χ1v) is 10.1. The molecule has 0 spiro atoms. The molecule has 0 aliphatic carbocycles. The number of carbonyl (C=O) groups excluding carboxylic acids is 2. The Labute approximate surface area is 174 Å². The van der Waals surface area contributed by atoms with Gasteiger partial charge in [0.15, 0.2) is 6.10 Å². The van der Waals surface area contributed by atoms with E-state index in [1.165, 1.54) is 0 Å². The molecule has 0 saturated heterocycles. The Hall–Kier alpha value is -3.60. The number of anilines is 1. The molecule has 3 aromatic rings. The molecule has 2 heterocycles. The van der Waals surface area contributed by atoms with Crippen LogP contribution in [-0.4, -0.2) is 24.5 Å². The monoisotopic (exact) mass is 399 g/mol. The number of rotatable bonds is 3. The molecule has 5 heteroatoms. The lowest BCUT2D eigenvalue weighted by molar-refractivity contribution is -0.154. The maximum absolute atomic E-state index is 13.3. The van der Waals surface area contributed by atoms with Crippen molar-refractivity contribution in [2.75, 3.05) is 11.4 Å². The molecular formula is C25H21NO4. The fourth-order valence-electron chi connectivity index (χ4n) is 4.24. The summed E-state index contributed by atoms with van der Waals surface area (Å²) in [6.45, 7) is 2.24. The third-order valence-electron chi connectivity index (χ3n) is 5.71. The molecule has 1 atom stereocenters. The van der Waals surface area contributed by atoms with Gasteiger partial charge in [0.2, 0.25) is 0 Å². The van der Waals surface area contributed by atoms with Crippen LogP contribution >= 0.6 is 0 Å². The largest absolute Gasteiger partial charge is 0.457 e. The predicted octanol–water partition coefficient (Wildman–Crippen LogP) is 4.45. The minimum Gasteiger partial charge on any atom is -0.457 e. The van der Waals surface area contributed by atoms with Crippen molar-refractivity contribution < 1.29 is 19.1 Å². The van der Waals surface area contributed by atoms with Crippen LogP contribution in [0.4, 0.5) is 5.69 Å². The Morgan fingerprint density at radius 1 is 0.933 bits per heavy atom. The maximum Gasteiger partial charge on any atom is 0.318 e. The molecular weight excluding hydrogens is 378 g/mol. The van der Waals surface area contributed by atoms with Gasteiger partial charge < -0.3 is 14.4 Å². The summed E-state index contributed by atoms with van der Waals surface area (Å²) < 4.78 is 11.7. The number of ether oxygens (including phenoxy) is 2. The quantitative estimate of drug-likeness (QED) is 0.611. The van der Waals surface area contributed by atoms with Crippen molar-refractivity contribution in [1.29, 1.82) is 0 Å². The second-order valence-electron chi connectivity index (χ2n) is 7.56. The highest BCUT2D eigenvalue weighted by molar-refractivity contribution is 5.99. The molecule has 5 rings (SSSR count). The number of para-hydroxylation sites is 3. The van der Waals surface area contributed by atoms with Gasteiger partial charge in [-0.25, -0.2) is 0 Å². The highest BCUT2D eigenvalue weighted by atomic mass is 16.5. The molecule has 5 nitrogen and oxygen atoms in total. The van der Waals surface area contributed by atoms with Crippen molar-refractivity contribution >= 4 is 17.6 Å². The predicted molar refractivity (Wildman–Crippen MR) is 113 cm³/mol. The standard InChI is InChI=1S/C25H21NO4/c1-16(24(27)26-15-14-17-8-2-5-11-20(17)26)29-25(28)23-18-9-3-6-12-21(18)30-22-13-7-4-10-19(22)23/h2-13,16,23H,14-15H2,1H3/t16-/m1/s1. The minimum atomic E-state index is -0.883. The van der Waals surface area contributed by atoms with Gasteiger partial charge in [0.1, 0.15) is 17.4 Å². The van der Waals surface area contributed by atoms with Gasteiger partial charge in [0, 0.05) is 23.4 Å². The van der Waals surface area contributed by atoms with E-state index in [4.69, 9.17) is 9.47 Å². The van der Waals surface area contributed by atoms with Gasteiger partial charge in [0.25, 0.3) is 5.91 Å². The summed E-state index contributed by atoms with van der Waals surface area (Å²) in [6.07, 6.45) is -0.0747. The number of hydrogen-bond donors (Lipinski definition) is 0. The van der Waals surface area contributed by atoms with Crippen LogP contribution in [-0.2, 0) is 20.7 Å². The van der Waals surface area contributed by atoms with E-state index in [-0.39, 0.29) is 5.91 Å². The van der Waals surface area contributed by atoms with E-state index in [9.17, 15) is 9.59 Å². The summed E-state index contributed by atoms with van der Waals surface area (Å²) in [5.41, 5.74) is 3.52. The first kappa shape index (κ1) is 18.4. The van der Waals surface area contributed by atoms with Crippen LogP contribution in [0.3, 0.4) is 0 Å². The number of esters is 1. The molecule has 0 bridgehead atoms. The summed E-state index contributed by atoms with van der Waals surface area (Å²) in [4.78, 5) is 28.0. The minimum absolute atomic E-state index is 0.207. The number of fused-ring (bicyclic) bond motifs is 3. The third-order valence-corrected chi connectivity index (χ3v) is 5.71. The zero-order valence-electron chi connectivity index (χ0n) is 16.6. The number of hydrogen-bond acceptors (Lipinski definition) is 4. The van der Waals surface area contributed by atoms with Crippen LogP contribution < -0.4 is 9.64 Å². The lowest BCUT2D eigenvalue weighted by atomic mass is 9.88. The van der Waals surface area contributed by atoms with E-state index in [1.54, 1.807) is 11.8 Å². The average molecular weight is 399 g/mol. The fraction of sp³-hybridized carbons (Fsp3) is 0.200. The number of benzene rings is 3. The third kappa shape index (κ3) is 3.03. The Morgan fingerprint density at radius 2 is 1.53 bits per heavy atom. The van der Waals surface area contributed by atoms with E-state index in [0.717, 1.165) is 28.8 Å². The molecule has 1 amide bonds. The highest BCUT2D eigenvalue weighted by Gasteiger charge is 2.36. The van der Waals surface area contributed by atoms with Gasteiger partial charge >= 0.3 is 5.97 Å². The molecule has 0 radical (unpaired) electrons. The second-order valence-corrected chi connectivity index (χ2v) is 7.56. The van der Waals surface area contributed by atoms with Crippen molar-refractivity contribution in [2.24, 2.45) is 0 Å². The van der Waals surface area contributed by atoms with E-state index in [2.05, 4.69) is 0 Å². The van der Waals surface area contributed by atoms with Crippen molar-refractivity contribution in [3.05, 3.63) is 89.5 Å². The normalized spacial score (nSPS) is 15.4.